The fourth-order valence-corrected chi connectivity index (χ4v) is 3.66. The van der Waals surface area contributed by atoms with Gasteiger partial charge >= 0.3 is 0 Å². The number of carbonyl (C=O) groups is 2. The van der Waals surface area contributed by atoms with Crippen molar-refractivity contribution in [2.75, 3.05) is 13.1 Å². The lowest BCUT2D eigenvalue weighted by Crippen LogP contribution is -2.46. The highest BCUT2D eigenvalue weighted by atomic mass is 16.2. The minimum Gasteiger partial charge on any atom is -0.348 e. The quantitative estimate of drug-likeness (QED) is 0.746. The van der Waals surface area contributed by atoms with Crippen LogP contribution in [0.4, 0.5) is 0 Å². The van der Waals surface area contributed by atoms with E-state index in [2.05, 4.69) is 5.32 Å². The Morgan fingerprint density at radius 2 is 1.59 bits per heavy atom. The second-order valence-electron chi connectivity index (χ2n) is 7.28. The number of hydrogen-bond acceptors (Lipinski definition) is 3. The summed E-state index contributed by atoms with van der Waals surface area (Å²) in [6, 6.07) is 21.4. The molecular weight excluding hydrogens is 364 g/mol. The van der Waals surface area contributed by atoms with Crippen LogP contribution in [0.1, 0.15) is 30.3 Å². The van der Waals surface area contributed by atoms with E-state index in [0.29, 0.717) is 18.8 Å². The largest absolute Gasteiger partial charge is 0.348 e. The van der Waals surface area contributed by atoms with Crippen LogP contribution < -0.4 is 5.32 Å². The van der Waals surface area contributed by atoms with Gasteiger partial charge in [-0.2, -0.15) is 5.10 Å². The number of nitrogens with zero attached hydrogens (tertiary/aromatic N) is 3. The van der Waals surface area contributed by atoms with Crippen molar-refractivity contribution in [1.29, 1.82) is 0 Å². The summed E-state index contributed by atoms with van der Waals surface area (Å²) >= 11 is 0. The van der Waals surface area contributed by atoms with Crippen molar-refractivity contribution in [1.82, 2.24) is 20.0 Å². The van der Waals surface area contributed by atoms with E-state index in [1.165, 1.54) is 0 Å². The minimum atomic E-state index is -0.148. The van der Waals surface area contributed by atoms with Gasteiger partial charge in [-0.25, -0.2) is 4.68 Å². The Bertz CT molecular complexity index is 990. The summed E-state index contributed by atoms with van der Waals surface area (Å²) in [5.74, 6) is -0.0609. The third-order valence-corrected chi connectivity index (χ3v) is 5.29. The highest BCUT2D eigenvalue weighted by Crippen LogP contribution is 2.22. The zero-order valence-electron chi connectivity index (χ0n) is 16.4. The van der Waals surface area contributed by atoms with Crippen LogP contribution >= 0.6 is 0 Å². The highest BCUT2D eigenvalue weighted by molar-refractivity contribution is 5.94. The van der Waals surface area contributed by atoms with Gasteiger partial charge in [0.05, 0.1) is 11.4 Å². The Kier molecular flexibility index (Phi) is 5.42. The zero-order valence-corrected chi connectivity index (χ0v) is 16.4. The number of aromatic nitrogens is 2. The highest BCUT2D eigenvalue weighted by Gasteiger charge is 2.24. The maximum Gasteiger partial charge on any atom is 0.270 e. The van der Waals surface area contributed by atoms with E-state index >= 15 is 0 Å². The van der Waals surface area contributed by atoms with Gasteiger partial charge in [-0.15, -0.1) is 0 Å². The van der Waals surface area contributed by atoms with Gasteiger partial charge in [0.25, 0.3) is 5.91 Å². The summed E-state index contributed by atoms with van der Waals surface area (Å²) in [7, 11) is 0. The van der Waals surface area contributed by atoms with Crippen molar-refractivity contribution in [3.63, 3.8) is 0 Å². The first-order valence-corrected chi connectivity index (χ1v) is 9.89. The van der Waals surface area contributed by atoms with Crippen LogP contribution in [0, 0.1) is 0 Å². The van der Waals surface area contributed by atoms with Crippen molar-refractivity contribution in [2.24, 2.45) is 0 Å². The van der Waals surface area contributed by atoms with E-state index in [9.17, 15) is 9.59 Å². The van der Waals surface area contributed by atoms with Crippen LogP contribution in [0.15, 0.2) is 66.7 Å². The fraction of sp³-hybridized carbons (Fsp3) is 0.261. The van der Waals surface area contributed by atoms with Crippen LogP contribution in [0.5, 0.6) is 0 Å². The smallest absolute Gasteiger partial charge is 0.270 e. The molecule has 1 aliphatic rings. The molecule has 148 valence electrons. The van der Waals surface area contributed by atoms with Crippen molar-refractivity contribution in [2.45, 2.75) is 25.8 Å². The average Bonchev–Trinajstić information content (AvgIpc) is 3.21. The normalized spacial score (nSPS) is 14.6. The number of carbonyl (C=O) groups excluding carboxylic acids is 2. The van der Waals surface area contributed by atoms with E-state index in [-0.39, 0.29) is 17.9 Å². The van der Waals surface area contributed by atoms with E-state index in [1.54, 1.807) is 11.6 Å². The third-order valence-electron chi connectivity index (χ3n) is 5.29. The molecule has 1 aliphatic heterocycles. The molecule has 0 atom stereocenters. The van der Waals surface area contributed by atoms with Gasteiger partial charge in [-0.1, -0.05) is 48.5 Å². The average molecular weight is 388 g/mol. The maximum absolute atomic E-state index is 13.1. The number of likely N-dealkylation sites (tertiary alicyclic amines) is 1. The van der Waals surface area contributed by atoms with Gasteiger partial charge in [0.2, 0.25) is 5.91 Å². The number of amides is 2. The van der Waals surface area contributed by atoms with Gasteiger partial charge < -0.3 is 10.2 Å². The van der Waals surface area contributed by atoms with Gasteiger partial charge in [0.1, 0.15) is 5.69 Å². The summed E-state index contributed by atoms with van der Waals surface area (Å²) in [4.78, 5) is 26.5. The molecule has 2 amide bonds. The lowest BCUT2D eigenvalue weighted by Gasteiger charge is -2.31. The molecule has 0 bridgehead atoms. The molecule has 4 rings (SSSR count). The number of nitrogens with one attached hydrogen (secondary N) is 1. The molecule has 0 spiro atoms. The van der Waals surface area contributed by atoms with Crippen LogP contribution in [0.3, 0.4) is 0 Å². The predicted molar refractivity (Wildman–Crippen MR) is 112 cm³/mol. The second-order valence-corrected chi connectivity index (χ2v) is 7.28. The molecule has 6 heteroatoms. The molecule has 2 aromatic carbocycles. The lowest BCUT2D eigenvalue weighted by molar-refractivity contribution is -0.129. The molecule has 29 heavy (non-hydrogen) atoms. The van der Waals surface area contributed by atoms with Crippen molar-refractivity contribution >= 4 is 11.8 Å². The van der Waals surface area contributed by atoms with Crippen molar-refractivity contribution in [3.05, 3.63) is 72.4 Å². The maximum atomic E-state index is 13.1. The Hall–Kier alpha value is -3.41. The number of para-hydroxylation sites is 1. The molecule has 0 unspecified atom stereocenters. The summed E-state index contributed by atoms with van der Waals surface area (Å²) in [5.41, 5.74) is 3.06. The Morgan fingerprint density at radius 3 is 2.21 bits per heavy atom. The molecule has 0 radical (unpaired) electrons. The SMILES string of the molecule is CC(=O)N1CCC(NC(=O)c2cc(-c3ccccc3)nn2-c2ccccc2)CC1. The second kappa shape index (κ2) is 8.31. The van der Waals surface area contributed by atoms with Crippen molar-refractivity contribution < 1.29 is 9.59 Å². The van der Waals surface area contributed by atoms with E-state index in [0.717, 1.165) is 29.8 Å². The first-order chi connectivity index (χ1) is 14.1. The molecule has 3 aromatic rings. The topological polar surface area (TPSA) is 67.2 Å². The summed E-state index contributed by atoms with van der Waals surface area (Å²) in [6.07, 6.45) is 1.52. The third kappa shape index (κ3) is 4.21. The predicted octanol–water partition coefficient (Wildman–Crippen LogP) is 3.28. The molecule has 1 fully saturated rings. The first kappa shape index (κ1) is 18.9. The van der Waals surface area contributed by atoms with E-state index in [1.807, 2.05) is 71.6 Å². The summed E-state index contributed by atoms with van der Waals surface area (Å²) in [6.45, 7) is 2.93. The molecule has 2 heterocycles. The van der Waals surface area contributed by atoms with E-state index in [4.69, 9.17) is 5.10 Å². The molecule has 6 nitrogen and oxygen atoms in total. The lowest BCUT2D eigenvalue weighted by atomic mass is 10.0. The number of benzene rings is 2. The van der Waals surface area contributed by atoms with Crippen LogP contribution in [-0.2, 0) is 4.79 Å². The van der Waals surface area contributed by atoms with E-state index < -0.39 is 0 Å². The van der Waals surface area contributed by atoms with Gasteiger partial charge in [-0.3, -0.25) is 9.59 Å². The van der Waals surface area contributed by atoms with Gasteiger partial charge in [-0.05, 0) is 31.0 Å². The van der Waals surface area contributed by atoms with Gasteiger partial charge in [0, 0.05) is 31.6 Å². The van der Waals surface area contributed by atoms with Crippen LogP contribution in [0.25, 0.3) is 16.9 Å². The molecule has 1 N–H and O–H groups in total. The fourth-order valence-electron chi connectivity index (χ4n) is 3.66. The summed E-state index contributed by atoms with van der Waals surface area (Å²) < 4.78 is 1.70. The van der Waals surface area contributed by atoms with Gasteiger partial charge in [0.15, 0.2) is 0 Å². The molecule has 1 aromatic heterocycles. The Morgan fingerprint density at radius 1 is 0.966 bits per heavy atom. The molecular formula is C23H24N4O2. The first-order valence-electron chi connectivity index (χ1n) is 9.89. The monoisotopic (exact) mass is 388 g/mol. The van der Waals surface area contributed by atoms with Crippen LogP contribution in [-0.4, -0.2) is 45.6 Å². The molecule has 0 saturated carbocycles. The van der Waals surface area contributed by atoms with Crippen molar-refractivity contribution in [3.8, 4) is 16.9 Å². The summed E-state index contributed by atoms with van der Waals surface area (Å²) in [5, 5.41) is 7.83. The number of piperidine rings is 1. The Balaban J connectivity index is 1.59. The standard InChI is InChI=1S/C23H24N4O2/c1-17(28)26-14-12-19(13-15-26)24-23(29)22-16-21(18-8-4-2-5-9-18)25-27(22)20-10-6-3-7-11-20/h2-11,16,19H,12-15H2,1H3,(H,24,29). The molecule has 1 saturated heterocycles. The zero-order chi connectivity index (χ0) is 20.2. The number of rotatable bonds is 4. The minimum absolute atomic E-state index is 0.0531. The van der Waals surface area contributed by atoms with Crippen LogP contribution in [0.2, 0.25) is 0 Å². The molecule has 0 aliphatic carbocycles. The number of hydrogen-bond donors (Lipinski definition) is 1. The Labute approximate surface area is 170 Å².